The molecule has 1 aliphatic heterocycles. The number of amides is 1. The Morgan fingerprint density at radius 2 is 1.96 bits per heavy atom. The number of carbonyl (C=O) groups is 1. The Bertz CT molecular complexity index is 893. The van der Waals surface area contributed by atoms with Crippen molar-refractivity contribution in [1.29, 1.82) is 0 Å². The standard InChI is InChI=1S/C17H18N2O4S/c1-24(22,23)19-10-4-5-12-11-13(8-9-15(12)19)17(21)18-14-6-2-3-7-16(14)20/h2-3,6-9,11,20H,4-5,10H2,1H3,(H,18,21). The number of fused-ring (bicyclic) bond motifs is 1. The van der Waals surface area contributed by atoms with E-state index < -0.39 is 10.0 Å². The molecule has 2 N–H and O–H groups in total. The van der Waals surface area contributed by atoms with E-state index in [1.807, 2.05) is 0 Å². The maximum absolute atomic E-state index is 12.4. The van der Waals surface area contributed by atoms with Gasteiger partial charge in [0, 0.05) is 12.1 Å². The van der Waals surface area contributed by atoms with Crippen molar-refractivity contribution in [3.05, 3.63) is 53.6 Å². The van der Waals surface area contributed by atoms with E-state index in [0.717, 1.165) is 12.0 Å². The Labute approximate surface area is 140 Å². The zero-order chi connectivity index (χ0) is 17.3. The molecule has 0 bridgehead atoms. The van der Waals surface area contributed by atoms with Crippen molar-refractivity contribution in [3.63, 3.8) is 0 Å². The smallest absolute Gasteiger partial charge is 0.255 e. The minimum Gasteiger partial charge on any atom is -0.506 e. The summed E-state index contributed by atoms with van der Waals surface area (Å²) in [4.78, 5) is 12.4. The second-order valence-corrected chi connectivity index (χ2v) is 7.66. The monoisotopic (exact) mass is 346 g/mol. The average Bonchev–Trinajstić information content (AvgIpc) is 2.55. The number of nitrogens with one attached hydrogen (secondary N) is 1. The summed E-state index contributed by atoms with van der Waals surface area (Å²) in [5, 5.41) is 12.4. The summed E-state index contributed by atoms with van der Waals surface area (Å²) < 4.78 is 25.1. The molecule has 0 aliphatic carbocycles. The first-order valence-corrected chi connectivity index (χ1v) is 9.41. The number of anilines is 2. The molecular weight excluding hydrogens is 328 g/mol. The molecule has 1 heterocycles. The maximum atomic E-state index is 12.4. The van der Waals surface area contributed by atoms with E-state index in [4.69, 9.17) is 0 Å². The first-order chi connectivity index (χ1) is 11.4. The first-order valence-electron chi connectivity index (χ1n) is 7.56. The molecule has 0 fully saturated rings. The van der Waals surface area contributed by atoms with Gasteiger partial charge in [0.05, 0.1) is 17.6 Å². The van der Waals surface area contributed by atoms with Crippen LogP contribution < -0.4 is 9.62 Å². The van der Waals surface area contributed by atoms with Crippen LogP contribution in [-0.4, -0.2) is 32.2 Å². The Morgan fingerprint density at radius 1 is 1.21 bits per heavy atom. The number of sulfonamides is 1. The fourth-order valence-corrected chi connectivity index (χ4v) is 3.82. The van der Waals surface area contributed by atoms with Gasteiger partial charge in [-0.1, -0.05) is 12.1 Å². The molecule has 1 amide bonds. The number of benzene rings is 2. The third-order valence-corrected chi connectivity index (χ3v) is 5.15. The highest BCUT2D eigenvalue weighted by molar-refractivity contribution is 7.92. The normalized spacial score (nSPS) is 14.1. The molecule has 0 spiro atoms. The SMILES string of the molecule is CS(=O)(=O)N1CCCc2cc(C(=O)Nc3ccccc3O)ccc21. The van der Waals surface area contributed by atoms with E-state index in [1.54, 1.807) is 36.4 Å². The van der Waals surface area contributed by atoms with Crippen molar-refractivity contribution in [2.75, 3.05) is 22.4 Å². The van der Waals surface area contributed by atoms with Crippen LogP contribution in [0.5, 0.6) is 5.75 Å². The molecule has 3 rings (SSSR count). The van der Waals surface area contributed by atoms with Gasteiger partial charge in [0.1, 0.15) is 5.75 Å². The fourth-order valence-electron chi connectivity index (χ4n) is 2.82. The molecule has 2 aromatic carbocycles. The van der Waals surface area contributed by atoms with E-state index in [9.17, 15) is 18.3 Å². The van der Waals surface area contributed by atoms with Crippen LogP contribution in [0.2, 0.25) is 0 Å². The molecule has 0 aromatic heterocycles. The van der Waals surface area contributed by atoms with Gasteiger partial charge >= 0.3 is 0 Å². The molecule has 2 aromatic rings. The number of phenols is 1. The molecule has 7 heteroatoms. The van der Waals surface area contributed by atoms with E-state index >= 15 is 0 Å². The molecule has 0 radical (unpaired) electrons. The van der Waals surface area contributed by atoms with Crippen LogP contribution >= 0.6 is 0 Å². The lowest BCUT2D eigenvalue weighted by atomic mass is 10.0. The molecule has 0 saturated heterocycles. The van der Waals surface area contributed by atoms with Crippen LogP contribution in [0.15, 0.2) is 42.5 Å². The number of phenolic OH excluding ortho intramolecular Hbond substituents is 1. The molecule has 0 atom stereocenters. The van der Waals surface area contributed by atoms with E-state index in [2.05, 4.69) is 5.32 Å². The number of hydrogen-bond acceptors (Lipinski definition) is 4. The van der Waals surface area contributed by atoms with Crippen molar-refractivity contribution in [2.45, 2.75) is 12.8 Å². The summed E-state index contributed by atoms with van der Waals surface area (Å²) in [5.74, 6) is -0.358. The summed E-state index contributed by atoms with van der Waals surface area (Å²) >= 11 is 0. The van der Waals surface area contributed by atoms with Crippen molar-refractivity contribution >= 4 is 27.3 Å². The molecule has 6 nitrogen and oxygen atoms in total. The van der Waals surface area contributed by atoms with Crippen molar-refractivity contribution < 1.29 is 18.3 Å². The lowest BCUT2D eigenvalue weighted by molar-refractivity contribution is 0.102. The summed E-state index contributed by atoms with van der Waals surface area (Å²) in [5.41, 5.74) is 2.21. The minimum atomic E-state index is -3.33. The lowest BCUT2D eigenvalue weighted by Crippen LogP contribution is -2.34. The predicted molar refractivity (Wildman–Crippen MR) is 93.0 cm³/mol. The minimum absolute atomic E-state index is 0.00735. The van der Waals surface area contributed by atoms with Crippen molar-refractivity contribution in [3.8, 4) is 5.75 Å². The topological polar surface area (TPSA) is 86.7 Å². The van der Waals surface area contributed by atoms with Gasteiger partial charge in [-0.3, -0.25) is 9.10 Å². The number of aromatic hydroxyl groups is 1. The van der Waals surface area contributed by atoms with Gasteiger partial charge in [0.2, 0.25) is 10.0 Å². The molecule has 1 aliphatic rings. The van der Waals surface area contributed by atoms with E-state index in [-0.39, 0.29) is 11.7 Å². The Hall–Kier alpha value is -2.54. The lowest BCUT2D eigenvalue weighted by Gasteiger charge is -2.29. The molecular formula is C17H18N2O4S. The zero-order valence-corrected chi connectivity index (χ0v) is 14.0. The number of carbonyl (C=O) groups excluding carboxylic acids is 1. The van der Waals surface area contributed by atoms with Crippen LogP contribution in [0.4, 0.5) is 11.4 Å². The summed E-state index contributed by atoms with van der Waals surface area (Å²) in [7, 11) is -3.33. The number of aryl methyl sites for hydroxylation is 1. The third kappa shape index (κ3) is 3.21. The molecule has 0 unspecified atom stereocenters. The predicted octanol–water partition coefficient (Wildman–Crippen LogP) is 2.36. The zero-order valence-electron chi connectivity index (χ0n) is 13.2. The Kier molecular flexibility index (Phi) is 4.19. The second kappa shape index (κ2) is 6.16. The van der Waals surface area contributed by atoms with Crippen LogP contribution in [0.3, 0.4) is 0 Å². The van der Waals surface area contributed by atoms with Crippen molar-refractivity contribution in [1.82, 2.24) is 0 Å². The second-order valence-electron chi connectivity index (χ2n) is 5.75. The molecule has 126 valence electrons. The summed E-state index contributed by atoms with van der Waals surface area (Å²) in [6, 6.07) is 11.5. The summed E-state index contributed by atoms with van der Waals surface area (Å²) in [6.07, 6.45) is 2.62. The van der Waals surface area contributed by atoms with Gasteiger partial charge in [-0.2, -0.15) is 0 Å². The van der Waals surface area contributed by atoms with Crippen LogP contribution in [0.1, 0.15) is 22.3 Å². The largest absolute Gasteiger partial charge is 0.506 e. The van der Waals surface area contributed by atoms with Gasteiger partial charge in [0.15, 0.2) is 0 Å². The van der Waals surface area contributed by atoms with Crippen LogP contribution in [0.25, 0.3) is 0 Å². The van der Waals surface area contributed by atoms with E-state index in [1.165, 1.54) is 16.6 Å². The van der Waals surface area contributed by atoms with Crippen LogP contribution in [-0.2, 0) is 16.4 Å². The highest BCUT2D eigenvalue weighted by atomic mass is 32.2. The average molecular weight is 346 g/mol. The fraction of sp³-hybridized carbons (Fsp3) is 0.235. The number of nitrogens with zero attached hydrogens (tertiary/aromatic N) is 1. The van der Waals surface area contributed by atoms with Crippen LogP contribution in [0, 0.1) is 0 Å². The van der Waals surface area contributed by atoms with Gasteiger partial charge in [-0.25, -0.2) is 8.42 Å². The number of hydrogen-bond donors (Lipinski definition) is 2. The number of para-hydroxylation sites is 2. The molecule has 0 saturated carbocycles. The quantitative estimate of drug-likeness (QED) is 0.835. The van der Waals surface area contributed by atoms with Gasteiger partial charge in [0.25, 0.3) is 5.91 Å². The Morgan fingerprint density at radius 3 is 2.67 bits per heavy atom. The first kappa shape index (κ1) is 16.3. The maximum Gasteiger partial charge on any atom is 0.255 e. The molecule has 24 heavy (non-hydrogen) atoms. The summed E-state index contributed by atoms with van der Waals surface area (Å²) in [6.45, 7) is 0.454. The van der Waals surface area contributed by atoms with Gasteiger partial charge in [-0.05, 0) is 48.7 Å². The highest BCUT2D eigenvalue weighted by Gasteiger charge is 2.24. The van der Waals surface area contributed by atoms with E-state index in [0.29, 0.717) is 29.9 Å². The Balaban J connectivity index is 1.89. The van der Waals surface area contributed by atoms with Crippen molar-refractivity contribution in [2.24, 2.45) is 0 Å². The highest BCUT2D eigenvalue weighted by Crippen LogP contribution is 2.30. The number of rotatable bonds is 3. The van der Waals surface area contributed by atoms with Gasteiger partial charge < -0.3 is 10.4 Å². The van der Waals surface area contributed by atoms with Gasteiger partial charge in [-0.15, -0.1) is 0 Å². The third-order valence-electron chi connectivity index (χ3n) is 3.97.